The predicted molar refractivity (Wildman–Crippen MR) is 94.7 cm³/mol. The Morgan fingerprint density at radius 3 is 2.00 bits per heavy atom. The first kappa shape index (κ1) is 15.5. The Hall–Kier alpha value is -1.87. The smallest absolute Gasteiger partial charge is 0.0826 e. The third-order valence-corrected chi connectivity index (χ3v) is 4.32. The van der Waals surface area contributed by atoms with Gasteiger partial charge in [-0.05, 0) is 17.7 Å². The highest BCUT2D eigenvalue weighted by molar-refractivity contribution is 7.80. The van der Waals surface area contributed by atoms with E-state index in [1.807, 2.05) is 43.3 Å². The number of rotatable bonds is 5. The fourth-order valence-electron chi connectivity index (χ4n) is 2.42. The molecule has 0 amide bonds. The second-order valence-electron chi connectivity index (χ2n) is 5.42. The van der Waals surface area contributed by atoms with Crippen LogP contribution in [0.3, 0.4) is 0 Å². The third-order valence-electron chi connectivity index (χ3n) is 3.58. The van der Waals surface area contributed by atoms with Crippen LogP contribution in [0.4, 0.5) is 5.69 Å². The molecule has 2 rings (SSSR count). The summed E-state index contributed by atoms with van der Waals surface area (Å²) in [5.74, 6) is 0.220. The van der Waals surface area contributed by atoms with Gasteiger partial charge in [-0.25, -0.2) is 0 Å². The van der Waals surface area contributed by atoms with E-state index in [0.717, 1.165) is 10.7 Å². The van der Waals surface area contributed by atoms with Gasteiger partial charge in [0, 0.05) is 25.7 Å². The number of benzene rings is 2. The van der Waals surface area contributed by atoms with Gasteiger partial charge in [0.15, 0.2) is 0 Å². The second-order valence-corrected chi connectivity index (χ2v) is 5.84. The molecule has 0 saturated heterocycles. The molecule has 0 fully saturated rings. The molecular weight excluding hydrogens is 276 g/mol. The number of nitrogens with one attached hydrogen (secondary N) is 1. The maximum atomic E-state index is 5.58. The molecule has 0 aromatic heterocycles. The fourth-order valence-corrected chi connectivity index (χ4v) is 2.56. The summed E-state index contributed by atoms with van der Waals surface area (Å²) < 4.78 is 0. The third kappa shape index (κ3) is 4.05. The van der Waals surface area contributed by atoms with E-state index < -0.39 is 0 Å². The lowest BCUT2D eigenvalue weighted by Gasteiger charge is -2.30. The number of thiocarbonyl (C=S) groups is 1. The zero-order chi connectivity index (χ0) is 15.2. The minimum Gasteiger partial charge on any atom is -0.378 e. The van der Waals surface area contributed by atoms with Crippen molar-refractivity contribution in [1.29, 1.82) is 0 Å². The van der Waals surface area contributed by atoms with Crippen LogP contribution in [0.25, 0.3) is 0 Å². The van der Waals surface area contributed by atoms with E-state index >= 15 is 0 Å². The van der Waals surface area contributed by atoms with Gasteiger partial charge in [-0.2, -0.15) is 0 Å². The summed E-state index contributed by atoms with van der Waals surface area (Å²) in [5, 5.41) is 3.62. The van der Waals surface area contributed by atoms with Crippen LogP contribution < -0.4 is 5.32 Å². The Labute approximate surface area is 132 Å². The van der Waals surface area contributed by atoms with E-state index in [1.54, 1.807) is 0 Å². The Balaban J connectivity index is 2.29. The zero-order valence-corrected chi connectivity index (χ0v) is 13.6. The van der Waals surface area contributed by atoms with E-state index in [4.69, 9.17) is 12.2 Å². The van der Waals surface area contributed by atoms with Crippen LogP contribution in [-0.4, -0.2) is 24.0 Å². The topological polar surface area (TPSA) is 15.3 Å². The molecule has 0 aliphatic heterocycles. The van der Waals surface area contributed by atoms with Crippen LogP contribution >= 0.6 is 12.2 Å². The Bertz CT molecular complexity index is 566. The number of nitrogens with zero attached hydrogens (tertiary/aromatic N) is 1. The number of hydrogen-bond acceptors (Lipinski definition) is 2. The summed E-state index contributed by atoms with van der Waals surface area (Å²) in [6, 6.07) is 20.9. The van der Waals surface area contributed by atoms with Crippen molar-refractivity contribution in [3.8, 4) is 0 Å². The highest BCUT2D eigenvalue weighted by atomic mass is 32.1. The molecule has 0 aliphatic carbocycles. The van der Waals surface area contributed by atoms with Crippen LogP contribution in [0, 0.1) is 5.92 Å². The fraction of sp³-hybridized carbons (Fsp3) is 0.278. The summed E-state index contributed by atoms with van der Waals surface area (Å²) in [4.78, 5) is 2.97. The molecule has 2 atom stereocenters. The zero-order valence-electron chi connectivity index (χ0n) is 12.8. The molecule has 110 valence electrons. The maximum Gasteiger partial charge on any atom is 0.0826 e. The quantitative estimate of drug-likeness (QED) is 0.825. The van der Waals surface area contributed by atoms with Crippen molar-refractivity contribution in [3.63, 3.8) is 0 Å². The predicted octanol–water partition coefficient (Wildman–Crippen LogP) is 4.36. The lowest BCUT2D eigenvalue weighted by molar-refractivity contribution is 0.538. The van der Waals surface area contributed by atoms with Crippen molar-refractivity contribution in [2.24, 2.45) is 5.92 Å². The van der Waals surface area contributed by atoms with Crippen LogP contribution in [0.15, 0.2) is 60.7 Å². The molecule has 0 spiro atoms. The van der Waals surface area contributed by atoms with Crippen molar-refractivity contribution in [2.45, 2.75) is 13.0 Å². The van der Waals surface area contributed by atoms with Gasteiger partial charge in [-0.1, -0.05) is 67.7 Å². The first-order chi connectivity index (χ1) is 10.1. The molecule has 21 heavy (non-hydrogen) atoms. The van der Waals surface area contributed by atoms with Gasteiger partial charge in [0.2, 0.25) is 0 Å². The summed E-state index contributed by atoms with van der Waals surface area (Å²) in [6.45, 7) is 2.18. The molecule has 0 aliphatic rings. The van der Waals surface area contributed by atoms with Crippen LogP contribution in [0.1, 0.15) is 18.5 Å². The average Bonchev–Trinajstić information content (AvgIpc) is 2.53. The average molecular weight is 298 g/mol. The van der Waals surface area contributed by atoms with Crippen molar-refractivity contribution in [3.05, 3.63) is 66.2 Å². The van der Waals surface area contributed by atoms with Gasteiger partial charge in [0.05, 0.1) is 11.0 Å². The molecule has 2 aromatic rings. The Kier molecular flexibility index (Phi) is 5.34. The van der Waals surface area contributed by atoms with E-state index in [2.05, 4.69) is 48.6 Å². The van der Waals surface area contributed by atoms with Crippen LogP contribution in [0.2, 0.25) is 0 Å². The second kappa shape index (κ2) is 7.23. The van der Waals surface area contributed by atoms with E-state index in [1.165, 1.54) is 5.56 Å². The summed E-state index contributed by atoms with van der Waals surface area (Å²) in [7, 11) is 4.01. The standard InChI is InChI=1S/C18H22N2S/c1-14(18(21)20(2)3)17(15-10-6-4-7-11-15)19-16-12-8-5-9-13-16/h4-14,17,19H,1-3H3/t14-,17-/m1/s1. The van der Waals surface area contributed by atoms with Crippen LogP contribution in [0.5, 0.6) is 0 Å². The van der Waals surface area contributed by atoms with Crippen molar-refractivity contribution >= 4 is 22.9 Å². The number of para-hydroxylation sites is 1. The first-order valence-corrected chi connectivity index (χ1v) is 7.58. The van der Waals surface area contributed by atoms with Gasteiger partial charge >= 0.3 is 0 Å². The van der Waals surface area contributed by atoms with Gasteiger partial charge in [-0.3, -0.25) is 0 Å². The highest BCUT2D eigenvalue weighted by Gasteiger charge is 2.23. The molecule has 0 bridgehead atoms. The minimum absolute atomic E-state index is 0.156. The monoisotopic (exact) mass is 298 g/mol. The van der Waals surface area contributed by atoms with Crippen molar-refractivity contribution in [2.75, 3.05) is 19.4 Å². The largest absolute Gasteiger partial charge is 0.378 e. The van der Waals surface area contributed by atoms with Gasteiger partial charge in [-0.15, -0.1) is 0 Å². The van der Waals surface area contributed by atoms with Gasteiger partial charge in [0.1, 0.15) is 0 Å². The van der Waals surface area contributed by atoms with Crippen LogP contribution in [-0.2, 0) is 0 Å². The van der Waals surface area contributed by atoms with E-state index in [9.17, 15) is 0 Å². The summed E-state index contributed by atoms with van der Waals surface area (Å²) in [6.07, 6.45) is 0. The molecule has 0 unspecified atom stereocenters. The Morgan fingerprint density at radius 2 is 1.48 bits per heavy atom. The molecule has 1 N–H and O–H groups in total. The lowest BCUT2D eigenvalue weighted by atomic mass is 9.93. The van der Waals surface area contributed by atoms with Gasteiger partial charge in [0.25, 0.3) is 0 Å². The first-order valence-electron chi connectivity index (χ1n) is 7.17. The van der Waals surface area contributed by atoms with Crippen molar-refractivity contribution in [1.82, 2.24) is 4.90 Å². The lowest BCUT2D eigenvalue weighted by Crippen LogP contribution is -2.33. The molecule has 3 heteroatoms. The Morgan fingerprint density at radius 1 is 0.952 bits per heavy atom. The molecule has 2 aromatic carbocycles. The highest BCUT2D eigenvalue weighted by Crippen LogP contribution is 2.28. The molecule has 2 nitrogen and oxygen atoms in total. The molecule has 0 saturated carbocycles. The molecule has 0 heterocycles. The van der Waals surface area contributed by atoms with E-state index in [-0.39, 0.29) is 12.0 Å². The molecule has 0 radical (unpaired) electrons. The maximum absolute atomic E-state index is 5.58. The van der Waals surface area contributed by atoms with Gasteiger partial charge < -0.3 is 10.2 Å². The number of anilines is 1. The SMILES string of the molecule is C[C@@H](C(=S)N(C)C)[C@@H](Nc1ccccc1)c1ccccc1. The summed E-state index contributed by atoms with van der Waals surface area (Å²) >= 11 is 5.58. The number of hydrogen-bond donors (Lipinski definition) is 1. The summed E-state index contributed by atoms with van der Waals surface area (Å²) in [5.41, 5.74) is 2.36. The van der Waals surface area contributed by atoms with Crippen molar-refractivity contribution < 1.29 is 0 Å². The minimum atomic E-state index is 0.156. The molecular formula is C18H22N2S. The van der Waals surface area contributed by atoms with E-state index in [0.29, 0.717) is 0 Å². The normalized spacial score (nSPS) is 13.3.